The van der Waals surface area contributed by atoms with Crippen LogP contribution in [0.25, 0.3) is 0 Å². The number of carbonyl (C=O) groups excluding carboxylic acids is 1. The van der Waals surface area contributed by atoms with Crippen molar-refractivity contribution in [2.24, 2.45) is 0 Å². The Kier molecular flexibility index (Phi) is 6.57. The zero-order valence-electron chi connectivity index (χ0n) is 17.8. The van der Waals surface area contributed by atoms with E-state index in [2.05, 4.69) is 32.3 Å². The first-order valence-electron chi connectivity index (χ1n) is 10.7. The standard InChI is InChI=1S/C25H28N4O2/c1-26-24(30)25(23-11-3-5-14-28-23)12-7-15-29(19-25)17-20-8-6-10-22(16-20)31-18-21-9-2-4-13-27-21/h2-6,8-11,13-14,16H,7,12,15,17-19H2,1H3,(H,26,30)/t25-/m0/s1. The first kappa shape index (κ1) is 21.0. The number of pyridine rings is 2. The van der Waals surface area contributed by atoms with Crippen LogP contribution in [0.15, 0.2) is 73.1 Å². The predicted octanol–water partition coefficient (Wildman–Crippen LogP) is 3.34. The molecule has 0 aliphatic carbocycles. The van der Waals surface area contributed by atoms with Crippen LogP contribution in [-0.2, 0) is 23.4 Å². The van der Waals surface area contributed by atoms with E-state index in [9.17, 15) is 4.79 Å². The Morgan fingerprint density at radius 1 is 1.10 bits per heavy atom. The molecule has 1 N–H and O–H groups in total. The molecule has 6 heteroatoms. The fraction of sp³-hybridized carbons (Fsp3) is 0.320. The van der Waals surface area contributed by atoms with Gasteiger partial charge in [0.1, 0.15) is 17.8 Å². The van der Waals surface area contributed by atoms with E-state index in [-0.39, 0.29) is 5.91 Å². The molecule has 160 valence electrons. The van der Waals surface area contributed by atoms with Gasteiger partial charge >= 0.3 is 0 Å². The molecule has 1 saturated heterocycles. The first-order valence-corrected chi connectivity index (χ1v) is 10.7. The van der Waals surface area contributed by atoms with Crippen LogP contribution >= 0.6 is 0 Å². The van der Waals surface area contributed by atoms with Crippen LogP contribution in [0.4, 0.5) is 0 Å². The second-order valence-corrected chi connectivity index (χ2v) is 7.95. The molecule has 2 aromatic heterocycles. The molecular weight excluding hydrogens is 388 g/mol. The lowest BCUT2D eigenvalue weighted by molar-refractivity contribution is -0.128. The fourth-order valence-corrected chi connectivity index (χ4v) is 4.31. The molecule has 3 aromatic rings. The summed E-state index contributed by atoms with van der Waals surface area (Å²) in [5.74, 6) is 0.853. The van der Waals surface area contributed by atoms with Crippen LogP contribution in [0.2, 0.25) is 0 Å². The molecule has 1 atom stereocenters. The maximum absolute atomic E-state index is 13.0. The van der Waals surface area contributed by atoms with Crippen molar-refractivity contribution in [1.29, 1.82) is 0 Å². The summed E-state index contributed by atoms with van der Waals surface area (Å²) in [6.45, 7) is 2.78. The second kappa shape index (κ2) is 9.71. The zero-order valence-corrected chi connectivity index (χ0v) is 17.8. The highest BCUT2D eigenvalue weighted by atomic mass is 16.5. The molecular formula is C25H28N4O2. The van der Waals surface area contributed by atoms with Gasteiger partial charge in [0, 0.05) is 32.5 Å². The molecule has 1 amide bonds. The number of hydrogen-bond acceptors (Lipinski definition) is 5. The minimum atomic E-state index is -0.624. The topological polar surface area (TPSA) is 67.4 Å². The van der Waals surface area contributed by atoms with Gasteiger partial charge < -0.3 is 10.1 Å². The van der Waals surface area contributed by atoms with Gasteiger partial charge in [-0.05, 0) is 61.3 Å². The number of likely N-dealkylation sites (N-methyl/N-ethyl adjacent to an activating group) is 1. The lowest BCUT2D eigenvalue weighted by atomic mass is 9.75. The fourth-order valence-electron chi connectivity index (χ4n) is 4.31. The molecule has 4 rings (SSSR count). The van der Waals surface area contributed by atoms with Crippen molar-refractivity contribution < 1.29 is 9.53 Å². The van der Waals surface area contributed by atoms with Crippen molar-refractivity contribution in [2.75, 3.05) is 20.1 Å². The summed E-state index contributed by atoms with van der Waals surface area (Å²) in [7, 11) is 1.70. The summed E-state index contributed by atoms with van der Waals surface area (Å²) < 4.78 is 5.93. The van der Waals surface area contributed by atoms with Gasteiger partial charge in [-0.1, -0.05) is 24.3 Å². The van der Waals surface area contributed by atoms with E-state index >= 15 is 0 Å². The van der Waals surface area contributed by atoms with Gasteiger partial charge in [0.2, 0.25) is 5.91 Å². The summed E-state index contributed by atoms with van der Waals surface area (Å²) in [6.07, 6.45) is 5.28. The number of rotatable bonds is 7. The number of aromatic nitrogens is 2. The number of nitrogens with one attached hydrogen (secondary N) is 1. The second-order valence-electron chi connectivity index (χ2n) is 7.95. The zero-order chi connectivity index (χ0) is 21.5. The highest BCUT2D eigenvalue weighted by molar-refractivity contribution is 5.88. The van der Waals surface area contributed by atoms with E-state index in [1.165, 1.54) is 0 Å². The van der Waals surface area contributed by atoms with E-state index in [4.69, 9.17) is 4.74 Å². The van der Waals surface area contributed by atoms with Crippen molar-refractivity contribution in [3.05, 3.63) is 90.0 Å². The third-order valence-electron chi connectivity index (χ3n) is 5.81. The van der Waals surface area contributed by atoms with Crippen LogP contribution in [0.5, 0.6) is 5.75 Å². The molecule has 0 saturated carbocycles. The van der Waals surface area contributed by atoms with Crippen LogP contribution in [-0.4, -0.2) is 40.9 Å². The summed E-state index contributed by atoms with van der Waals surface area (Å²) in [6, 6.07) is 19.8. The van der Waals surface area contributed by atoms with Crippen molar-refractivity contribution in [3.8, 4) is 5.75 Å². The van der Waals surface area contributed by atoms with E-state index in [1.54, 1.807) is 19.4 Å². The minimum Gasteiger partial charge on any atom is -0.487 e. The van der Waals surface area contributed by atoms with Gasteiger partial charge in [-0.25, -0.2) is 0 Å². The largest absolute Gasteiger partial charge is 0.487 e. The van der Waals surface area contributed by atoms with Crippen molar-refractivity contribution in [3.63, 3.8) is 0 Å². The number of carbonyl (C=O) groups is 1. The average molecular weight is 417 g/mol. The van der Waals surface area contributed by atoms with Crippen LogP contribution in [0, 0.1) is 0 Å². The monoisotopic (exact) mass is 416 g/mol. The highest BCUT2D eigenvalue weighted by Crippen LogP contribution is 2.34. The number of benzene rings is 1. The SMILES string of the molecule is CNC(=O)[C@@]1(c2ccccn2)CCCN(Cc2cccc(OCc3ccccn3)c2)C1. The Hall–Kier alpha value is -3.25. The van der Waals surface area contributed by atoms with E-state index < -0.39 is 5.41 Å². The quantitative estimate of drug-likeness (QED) is 0.640. The van der Waals surface area contributed by atoms with E-state index in [0.29, 0.717) is 13.2 Å². The predicted molar refractivity (Wildman–Crippen MR) is 120 cm³/mol. The number of ether oxygens (including phenoxy) is 1. The third kappa shape index (κ3) is 4.91. The Morgan fingerprint density at radius 2 is 1.94 bits per heavy atom. The molecule has 1 aromatic carbocycles. The van der Waals surface area contributed by atoms with Crippen LogP contribution in [0.3, 0.4) is 0 Å². The van der Waals surface area contributed by atoms with Gasteiger partial charge in [0.15, 0.2) is 0 Å². The van der Waals surface area contributed by atoms with Crippen molar-refractivity contribution in [1.82, 2.24) is 20.2 Å². The maximum Gasteiger partial charge on any atom is 0.233 e. The molecule has 31 heavy (non-hydrogen) atoms. The van der Waals surface area contributed by atoms with Gasteiger partial charge in [-0.3, -0.25) is 19.7 Å². The van der Waals surface area contributed by atoms with E-state index in [0.717, 1.165) is 48.6 Å². The molecule has 1 fully saturated rings. The van der Waals surface area contributed by atoms with E-state index in [1.807, 2.05) is 48.5 Å². The molecule has 6 nitrogen and oxygen atoms in total. The Morgan fingerprint density at radius 3 is 2.68 bits per heavy atom. The summed E-state index contributed by atoms with van der Waals surface area (Å²) in [5.41, 5.74) is 2.27. The number of hydrogen-bond donors (Lipinski definition) is 1. The summed E-state index contributed by atoms with van der Waals surface area (Å²) in [4.78, 5) is 24.1. The minimum absolute atomic E-state index is 0.0309. The van der Waals surface area contributed by atoms with Gasteiger partial charge in [0.25, 0.3) is 0 Å². The normalized spacial score (nSPS) is 19.0. The molecule has 0 spiro atoms. The van der Waals surface area contributed by atoms with Crippen molar-refractivity contribution in [2.45, 2.75) is 31.4 Å². The number of amides is 1. The highest BCUT2D eigenvalue weighted by Gasteiger charge is 2.44. The molecule has 1 aliphatic rings. The maximum atomic E-state index is 13.0. The Bertz CT molecular complexity index is 997. The third-order valence-corrected chi connectivity index (χ3v) is 5.81. The van der Waals surface area contributed by atoms with Crippen LogP contribution in [0.1, 0.15) is 29.8 Å². The lowest BCUT2D eigenvalue weighted by Gasteiger charge is -2.41. The Labute approximate surface area is 183 Å². The first-order chi connectivity index (χ1) is 15.2. The number of nitrogens with zero attached hydrogens (tertiary/aromatic N) is 3. The molecule has 0 unspecified atom stereocenters. The molecule has 0 bridgehead atoms. The van der Waals surface area contributed by atoms with Gasteiger partial charge in [0.05, 0.1) is 11.4 Å². The Balaban J connectivity index is 1.47. The summed E-state index contributed by atoms with van der Waals surface area (Å²) in [5, 5.41) is 2.87. The molecule has 3 heterocycles. The number of piperidine rings is 1. The lowest BCUT2D eigenvalue weighted by Crippen LogP contribution is -2.54. The molecule has 1 aliphatic heterocycles. The average Bonchev–Trinajstić information content (AvgIpc) is 2.84. The van der Waals surface area contributed by atoms with Gasteiger partial charge in [-0.15, -0.1) is 0 Å². The number of likely N-dealkylation sites (tertiary alicyclic amines) is 1. The summed E-state index contributed by atoms with van der Waals surface area (Å²) >= 11 is 0. The van der Waals surface area contributed by atoms with Crippen LogP contribution < -0.4 is 10.1 Å². The smallest absolute Gasteiger partial charge is 0.233 e. The molecule has 0 radical (unpaired) electrons. The van der Waals surface area contributed by atoms with Crippen molar-refractivity contribution >= 4 is 5.91 Å². The van der Waals surface area contributed by atoms with Gasteiger partial charge in [-0.2, -0.15) is 0 Å².